The Morgan fingerprint density at radius 2 is 1.74 bits per heavy atom. The molecule has 1 rings (SSSR count). The summed E-state index contributed by atoms with van der Waals surface area (Å²) >= 11 is 0. The molecule has 9 heteroatoms. The van der Waals surface area contributed by atoms with Crippen molar-refractivity contribution in [1.29, 1.82) is 0 Å². The van der Waals surface area contributed by atoms with Crippen LogP contribution >= 0.6 is 0 Å². The SMILES string of the molecule is O=C(O)c1ccc(NCC(F)(F)F)cc1C(F)(F)F. The lowest BCUT2D eigenvalue weighted by atomic mass is 10.1. The first-order valence-electron chi connectivity index (χ1n) is 4.76. The van der Waals surface area contributed by atoms with Gasteiger partial charge in [0, 0.05) is 5.69 Å². The van der Waals surface area contributed by atoms with Gasteiger partial charge in [-0.15, -0.1) is 0 Å². The van der Waals surface area contributed by atoms with E-state index in [1.54, 1.807) is 5.32 Å². The molecule has 2 N–H and O–H groups in total. The molecule has 0 aliphatic carbocycles. The lowest BCUT2D eigenvalue weighted by molar-refractivity contribution is -0.138. The lowest BCUT2D eigenvalue weighted by Gasteiger charge is -2.14. The van der Waals surface area contributed by atoms with Gasteiger partial charge in [0.05, 0.1) is 11.1 Å². The van der Waals surface area contributed by atoms with Crippen LogP contribution in [-0.2, 0) is 6.18 Å². The Labute approximate surface area is 102 Å². The Morgan fingerprint density at radius 3 is 2.16 bits per heavy atom. The fourth-order valence-electron chi connectivity index (χ4n) is 1.28. The number of carboxylic acids is 1. The van der Waals surface area contributed by atoms with E-state index in [1.165, 1.54) is 0 Å². The summed E-state index contributed by atoms with van der Waals surface area (Å²) in [6, 6.07) is 1.77. The summed E-state index contributed by atoms with van der Waals surface area (Å²) in [5, 5.41) is 10.3. The van der Waals surface area contributed by atoms with Gasteiger partial charge < -0.3 is 10.4 Å². The first-order chi connectivity index (χ1) is 8.50. The Hall–Kier alpha value is -1.93. The second-order valence-corrected chi connectivity index (χ2v) is 3.53. The van der Waals surface area contributed by atoms with E-state index in [9.17, 15) is 31.1 Å². The molecule has 1 aromatic carbocycles. The van der Waals surface area contributed by atoms with E-state index < -0.39 is 41.7 Å². The lowest BCUT2D eigenvalue weighted by Crippen LogP contribution is -2.22. The molecule has 106 valence electrons. The van der Waals surface area contributed by atoms with Crippen LogP contribution in [0.1, 0.15) is 15.9 Å². The average molecular weight is 287 g/mol. The van der Waals surface area contributed by atoms with Crippen molar-refractivity contribution in [3.63, 3.8) is 0 Å². The number of halogens is 6. The summed E-state index contributed by atoms with van der Waals surface area (Å²) in [7, 11) is 0. The highest BCUT2D eigenvalue weighted by Crippen LogP contribution is 2.34. The van der Waals surface area contributed by atoms with Gasteiger partial charge in [-0.2, -0.15) is 26.3 Å². The van der Waals surface area contributed by atoms with Gasteiger partial charge >= 0.3 is 18.3 Å². The quantitative estimate of drug-likeness (QED) is 0.838. The molecule has 0 aliphatic heterocycles. The van der Waals surface area contributed by atoms with Crippen LogP contribution < -0.4 is 5.32 Å². The van der Waals surface area contributed by atoms with Crippen LogP contribution in [0.3, 0.4) is 0 Å². The van der Waals surface area contributed by atoms with Gasteiger partial charge in [-0.3, -0.25) is 0 Å². The van der Waals surface area contributed by atoms with Crippen LogP contribution in [-0.4, -0.2) is 23.8 Å². The van der Waals surface area contributed by atoms with Crippen LogP contribution in [0.2, 0.25) is 0 Å². The maximum Gasteiger partial charge on any atom is 0.417 e. The van der Waals surface area contributed by atoms with Crippen LogP contribution in [0.5, 0.6) is 0 Å². The van der Waals surface area contributed by atoms with E-state index in [0.29, 0.717) is 12.1 Å². The molecule has 0 unspecified atom stereocenters. The Morgan fingerprint density at radius 1 is 1.16 bits per heavy atom. The van der Waals surface area contributed by atoms with Crippen molar-refractivity contribution >= 4 is 11.7 Å². The summed E-state index contributed by atoms with van der Waals surface area (Å²) in [4.78, 5) is 10.6. The van der Waals surface area contributed by atoms with Crippen molar-refractivity contribution in [2.24, 2.45) is 0 Å². The predicted molar refractivity (Wildman–Crippen MR) is 52.9 cm³/mol. The number of hydrogen-bond donors (Lipinski definition) is 2. The maximum atomic E-state index is 12.5. The molecule has 0 bridgehead atoms. The minimum absolute atomic E-state index is 0.329. The highest BCUT2D eigenvalue weighted by Gasteiger charge is 2.36. The van der Waals surface area contributed by atoms with Crippen LogP contribution in [0.25, 0.3) is 0 Å². The molecule has 1 aromatic rings. The molecular formula is C10H7F6NO2. The predicted octanol–water partition coefficient (Wildman–Crippen LogP) is 3.38. The third-order valence-corrected chi connectivity index (χ3v) is 2.05. The van der Waals surface area contributed by atoms with Crippen LogP contribution in [0, 0.1) is 0 Å². The molecule has 0 amide bonds. The number of carboxylic acid groups (broad SMARTS) is 1. The summed E-state index contributed by atoms with van der Waals surface area (Å²) in [5.74, 6) is -1.81. The van der Waals surface area contributed by atoms with Gasteiger partial charge in [0.2, 0.25) is 0 Å². The van der Waals surface area contributed by atoms with Crippen molar-refractivity contribution in [3.8, 4) is 0 Å². The fraction of sp³-hybridized carbons (Fsp3) is 0.300. The average Bonchev–Trinajstić information content (AvgIpc) is 2.23. The van der Waals surface area contributed by atoms with Crippen LogP contribution in [0.4, 0.5) is 32.0 Å². The Kier molecular flexibility index (Phi) is 3.97. The van der Waals surface area contributed by atoms with E-state index in [-0.39, 0.29) is 0 Å². The minimum atomic E-state index is -4.97. The highest BCUT2D eigenvalue weighted by molar-refractivity contribution is 5.90. The number of carbonyl (C=O) groups is 1. The number of rotatable bonds is 3. The molecule has 3 nitrogen and oxygen atoms in total. The van der Waals surface area contributed by atoms with Gasteiger partial charge in [-0.25, -0.2) is 4.79 Å². The maximum absolute atomic E-state index is 12.5. The molecule has 19 heavy (non-hydrogen) atoms. The molecule has 0 saturated heterocycles. The molecule has 0 aromatic heterocycles. The summed E-state index contributed by atoms with van der Waals surface area (Å²) in [6.45, 7) is -1.52. The number of benzene rings is 1. The monoisotopic (exact) mass is 287 g/mol. The Balaban J connectivity index is 3.09. The standard InChI is InChI=1S/C10H7F6NO2/c11-9(12,13)4-17-5-1-2-6(8(18)19)7(3-5)10(14,15)16/h1-3,17H,4H2,(H,18,19). The van der Waals surface area contributed by atoms with E-state index in [1.807, 2.05) is 0 Å². The van der Waals surface area contributed by atoms with Gasteiger partial charge in [-0.1, -0.05) is 0 Å². The van der Waals surface area contributed by atoms with Crippen molar-refractivity contribution in [2.75, 3.05) is 11.9 Å². The van der Waals surface area contributed by atoms with Crippen molar-refractivity contribution in [3.05, 3.63) is 29.3 Å². The summed E-state index contributed by atoms with van der Waals surface area (Å²) < 4.78 is 73.4. The number of alkyl halides is 6. The zero-order valence-corrected chi connectivity index (χ0v) is 9.06. The summed E-state index contributed by atoms with van der Waals surface area (Å²) in [6.07, 6.45) is -9.56. The van der Waals surface area contributed by atoms with E-state index in [2.05, 4.69) is 0 Å². The van der Waals surface area contributed by atoms with Gasteiger partial charge in [0.25, 0.3) is 0 Å². The van der Waals surface area contributed by atoms with Crippen molar-refractivity contribution in [1.82, 2.24) is 0 Å². The Bertz CT molecular complexity index is 480. The van der Waals surface area contributed by atoms with Crippen molar-refractivity contribution in [2.45, 2.75) is 12.4 Å². The molecule has 0 aliphatic rings. The fourth-order valence-corrected chi connectivity index (χ4v) is 1.28. The number of nitrogens with one attached hydrogen (secondary N) is 1. The van der Waals surface area contributed by atoms with Crippen molar-refractivity contribution < 1.29 is 36.2 Å². The van der Waals surface area contributed by atoms with E-state index >= 15 is 0 Å². The van der Waals surface area contributed by atoms with Gasteiger partial charge in [0.1, 0.15) is 6.54 Å². The first-order valence-corrected chi connectivity index (χ1v) is 4.76. The second-order valence-electron chi connectivity index (χ2n) is 3.53. The van der Waals surface area contributed by atoms with E-state index in [4.69, 9.17) is 5.11 Å². The number of anilines is 1. The summed E-state index contributed by atoms with van der Waals surface area (Å²) in [5.41, 5.74) is -2.99. The number of aromatic carboxylic acids is 1. The third-order valence-electron chi connectivity index (χ3n) is 2.05. The smallest absolute Gasteiger partial charge is 0.417 e. The zero-order valence-electron chi connectivity index (χ0n) is 9.06. The molecular weight excluding hydrogens is 280 g/mol. The molecule has 0 heterocycles. The third kappa shape index (κ3) is 4.34. The molecule has 0 atom stereocenters. The molecule has 0 spiro atoms. The van der Waals surface area contributed by atoms with Gasteiger partial charge in [0.15, 0.2) is 0 Å². The largest absolute Gasteiger partial charge is 0.478 e. The zero-order chi connectivity index (χ0) is 14.8. The minimum Gasteiger partial charge on any atom is -0.478 e. The van der Waals surface area contributed by atoms with Gasteiger partial charge in [-0.05, 0) is 18.2 Å². The topological polar surface area (TPSA) is 49.3 Å². The molecule has 0 fully saturated rings. The van der Waals surface area contributed by atoms with Crippen LogP contribution in [0.15, 0.2) is 18.2 Å². The molecule has 0 saturated carbocycles. The normalized spacial score (nSPS) is 12.3. The van der Waals surface area contributed by atoms with E-state index in [0.717, 1.165) is 6.07 Å². The second kappa shape index (κ2) is 4.98. The first kappa shape index (κ1) is 15.1. The molecule has 0 radical (unpaired) electrons. The highest BCUT2D eigenvalue weighted by atomic mass is 19.4. The number of hydrogen-bond acceptors (Lipinski definition) is 2.